The number of aromatic nitrogens is 3. The van der Waals surface area contributed by atoms with Gasteiger partial charge in [-0.15, -0.1) is 5.10 Å². The SMILES string of the molecule is Cn1c(Sc2ccc(Br)cc2/C(N)=N/O)n[nH]c1=O. The highest BCUT2D eigenvalue weighted by Gasteiger charge is 2.13. The maximum Gasteiger partial charge on any atom is 0.343 e. The van der Waals surface area contributed by atoms with Gasteiger partial charge >= 0.3 is 5.69 Å². The van der Waals surface area contributed by atoms with Crippen LogP contribution < -0.4 is 11.4 Å². The number of nitrogens with two attached hydrogens (primary N) is 1. The average molecular weight is 344 g/mol. The molecule has 2 rings (SSSR count). The number of aromatic amines is 1. The van der Waals surface area contributed by atoms with Crippen LogP contribution in [0.5, 0.6) is 0 Å². The summed E-state index contributed by atoms with van der Waals surface area (Å²) in [4.78, 5) is 12.0. The van der Waals surface area contributed by atoms with Crippen molar-refractivity contribution >= 4 is 33.5 Å². The molecular weight excluding hydrogens is 334 g/mol. The van der Waals surface area contributed by atoms with E-state index in [2.05, 4.69) is 31.3 Å². The molecule has 0 aliphatic carbocycles. The van der Waals surface area contributed by atoms with Crippen molar-refractivity contribution in [2.75, 3.05) is 0 Å². The average Bonchev–Trinajstić information content (AvgIpc) is 2.71. The summed E-state index contributed by atoms with van der Waals surface area (Å²) in [7, 11) is 1.61. The lowest BCUT2D eigenvalue weighted by Gasteiger charge is -2.07. The number of halogens is 1. The standard InChI is InChI=1S/C10H10BrN5O2S/c1-16-9(17)13-14-10(16)19-7-3-2-5(11)4-6(7)8(12)15-18/h2-4,18H,1H3,(H2,12,15)(H,13,17). The predicted octanol–water partition coefficient (Wildman–Crippen LogP) is 1.12. The highest BCUT2D eigenvalue weighted by Crippen LogP contribution is 2.30. The first-order chi connectivity index (χ1) is 9.02. The van der Waals surface area contributed by atoms with Gasteiger partial charge in [-0.1, -0.05) is 21.1 Å². The van der Waals surface area contributed by atoms with E-state index in [9.17, 15) is 4.79 Å². The predicted molar refractivity (Wildman–Crippen MR) is 74.6 cm³/mol. The van der Waals surface area contributed by atoms with Gasteiger partial charge in [-0.2, -0.15) is 0 Å². The van der Waals surface area contributed by atoms with E-state index >= 15 is 0 Å². The fourth-order valence-corrected chi connectivity index (χ4v) is 2.65. The zero-order chi connectivity index (χ0) is 14.0. The summed E-state index contributed by atoms with van der Waals surface area (Å²) in [6.45, 7) is 0. The molecule has 9 heteroatoms. The molecule has 2 aromatic rings. The Hall–Kier alpha value is -1.74. The van der Waals surface area contributed by atoms with Crippen LogP contribution in [0.4, 0.5) is 0 Å². The number of H-pyrrole nitrogens is 1. The molecule has 1 aromatic heterocycles. The van der Waals surface area contributed by atoms with Gasteiger partial charge in [0.25, 0.3) is 0 Å². The van der Waals surface area contributed by atoms with E-state index < -0.39 is 0 Å². The summed E-state index contributed by atoms with van der Waals surface area (Å²) in [5, 5.41) is 18.5. The minimum atomic E-state index is -0.301. The third-order valence-electron chi connectivity index (χ3n) is 2.37. The van der Waals surface area contributed by atoms with Crippen molar-refractivity contribution in [3.05, 3.63) is 38.7 Å². The number of nitrogens with zero attached hydrogens (tertiary/aromatic N) is 3. The van der Waals surface area contributed by atoms with Gasteiger partial charge in [-0.25, -0.2) is 9.89 Å². The van der Waals surface area contributed by atoms with Crippen LogP contribution in [0.15, 0.2) is 42.7 Å². The normalized spacial score (nSPS) is 11.8. The Morgan fingerprint density at radius 3 is 2.95 bits per heavy atom. The van der Waals surface area contributed by atoms with Gasteiger partial charge < -0.3 is 10.9 Å². The first kappa shape index (κ1) is 13.7. The summed E-state index contributed by atoms with van der Waals surface area (Å²) >= 11 is 4.56. The largest absolute Gasteiger partial charge is 0.409 e. The molecule has 0 bridgehead atoms. The van der Waals surface area contributed by atoms with E-state index in [1.807, 2.05) is 6.07 Å². The summed E-state index contributed by atoms with van der Waals surface area (Å²) < 4.78 is 2.18. The van der Waals surface area contributed by atoms with Crippen molar-refractivity contribution in [3.8, 4) is 0 Å². The molecule has 4 N–H and O–H groups in total. The molecule has 0 radical (unpaired) electrons. The van der Waals surface area contributed by atoms with Crippen LogP contribution in [0.2, 0.25) is 0 Å². The molecule has 0 atom stereocenters. The molecule has 100 valence electrons. The van der Waals surface area contributed by atoms with Crippen molar-refractivity contribution in [2.45, 2.75) is 10.1 Å². The molecule has 0 unspecified atom stereocenters. The van der Waals surface area contributed by atoms with Crippen LogP contribution in [-0.2, 0) is 7.05 Å². The fourth-order valence-electron chi connectivity index (χ4n) is 1.37. The number of oxime groups is 1. The van der Waals surface area contributed by atoms with Crippen molar-refractivity contribution in [2.24, 2.45) is 17.9 Å². The van der Waals surface area contributed by atoms with E-state index in [-0.39, 0.29) is 11.5 Å². The van der Waals surface area contributed by atoms with Crippen molar-refractivity contribution < 1.29 is 5.21 Å². The van der Waals surface area contributed by atoms with Gasteiger partial charge in [0.05, 0.1) is 0 Å². The lowest BCUT2D eigenvalue weighted by molar-refractivity contribution is 0.318. The summed E-state index contributed by atoms with van der Waals surface area (Å²) in [5.74, 6) is -0.00987. The number of amidine groups is 1. The third-order valence-corrected chi connectivity index (χ3v) is 3.98. The zero-order valence-corrected chi connectivity index (χ0v) is 12.2. The van der Waals surface area contributed by atoms with Crippen LogP contribution in [0.25, 0.3) is 0 Å². The topological polar surface area (TPSA) is 109 Å². The first-order valence-electron chi connectivity index (χ1n) is 5.09. The van der Waals surface area contributed by atoms with E-state index in [0.29, 0.717) is 10.7 Å². The van der Waals surface area contributed by atoms with Crippen LogP contribution in [-0.4, -0.2) is 25.8 Å². The Bertz CT molecular complexity index is 693. The Morgan fingerprint density at radius 1 is 1.63 bits per heavy atom. The van der Waals surface area contributed by atoms with E-state index in [1.54, 1.807) is 19.2 Å². The van der Waals surface area contributed by atoms with Gasteiger partial charge in [0.1, 0.15) is 0 Å². The van der Waals surface area contributed by atoms with E-state index in [1.165, 1.54) is 16.3 Å². The molecule has 7 nitrogen and oxygen atoms in total. The molecule has 0 saturated heterocycles. The van der Waals surface area contributed by atoms with Crippen molar-refractivity contribution in [1.29, 1.82) is 0 Å². The Labute approximate surface area is 120 Å². The zero-order valence-electron chi connectivity index (χ0n) is 9.79. The van der Waals surface area contributed by atoms with Gasteiger partial charge in [0.2, 0.25) is 0 Å². The van der Waals surface area contributed by atoms with E-state index in [4.69, 9.17) is 10.9 Å². The summed E-state index contributed by atoms with van der Waals surface area (Å²) in [6.07, 6.45) is 0. The maximum atomic E-state index is 11.3. The Balaban J connectivity index is 2.45. The van der Waals surface area contributed by atoms with Crippen LogP contribution in [0, 0.1) is 0 Å². The molecule has 0 aliphatic rings. The van der Waals surface area contributed by atoms with Gasteiger partial charge in [0, 0.05) is 22.0 Å². The molecule has 19 heavy (non-hydrogen) atoms. The number of benzene rings is 1. The van der Waals surface area contributed by atoms with Crippen molar-refractivity contribution in [3.63, 3.8) is 0 Å². The summed E-state index contributed by atoms with van der Waals surface area (Å²) in [6, 6.07) is 5.34. The van der Waals surface area contributed by atoms with Crippen molar-refractivity contribution in [1.82, 2.24) is 14.8 Å². The fraction of sp³-hybridized carbons (Fsp3) is 0.100. The molecule has 1 heterocycles. The number of hydrogen-bond donors (Lipinski definition) is 3. The second-order valence-corrected chi connectivity index (χ2v) is 5.52. The van der Waals surface area contributed by atoms with Crippen LogP contribution >= 0.6 is 27.7 Å². The highest BCUT2D eigenvalue weighted by atomic mass is 79.9. The molecule has 0 aliphatic heterocycles. The molecule has 0 spiro atoms. The van der Waals surface area contributed by atoms with Gasteiger partial charge in [0.15, 0.2) is 11.0 Å². The van der Waals surface area contributed by atoms with Gasteiger partial charge in [-0.3, -0.25) is 4.57 Å². The minimum absolute atomic E-state index is 0.00987. The number of rotatable bonds is 3. The monoisotopic (exact) mass is 343 g/mol. The Morgan fingerprint density at radius 2 is 2.37 bits per heavy atom. The van der Waals surface area contributed by atoms with E-state index in [0.717, 1.165) is 9.37 Å². The third kappa shape index (κ3) is 2.82. The molecule has 0 saturated carbocycles. The highest BCUT2D eigenvalue weighted by molar-refractivity contribution is 9.10. The molecule has 1 aromatic carbocycles. The molecule has 0 amide bonds. The molecular formula is C10H10BrN5O2S. The first-order valence-corrected chi connectivity index (χ1v) is 6.70. The van der Waals surface area contributed by atoms with Gasteiger partial charge in [-0.05, 0) is 30.0 Å². The lowest BCUT2D eigenvalue weighted by atomic mass is 10.2. The van der Waals surface area contributed by atoms with Crippen LogP contribution in [0.1, 0.15) is 5.56 Å². The van der Waals surface area contributed by atoms with Crippen LogP contribution in [0.3, 0.4) is 0 Å². The minimum Gasteiger partial charge on any atom is -0.409 e. The Kier molecular flexibility index (Phi) is 3.96. The number of hydrogen-bond acceptors (Lipinski definition) is 5. The maximum absolute atomic E-state index is 11.3. The second kappa shape index (κ2) is 5.49. The number of nitrogens with one attached hydrogen (secondary N) is 1. The summed E-state index contributed by atoms with van der Waals surface area (Å²) in [5.41, 5.74) is 5.88. The molecule has 0 fully saturated rings. The smallest absolute Gasteiger partial charge is 0.343 e. The lowest BCUT2D eigenvalue weighted by Crippen LogP contribution is -2.15. The quantitative estimate of drug-likeness (QED) is 0.335. The second-order valence-electron chi connectivity index (χ2n) is 3.60.